The number of thiocarbonyl (C=S) groups is 1. The molecule has 1 fully saturated rings. The number of pyridine rings is 1. The molecule has 1 aliphatic rings. The van der Waals surface area contributed by atoms with E-state index in [1.165, 1.54) is 0 Å². The quantitative estimate of drug-likeness (QED) is 0.276. The second-order valence-corrected chi connectivity index (χ2v) is 9.87. The van der Waals surface area contributed by atoms with Gasteiger partial charge in [-0.25, -0.2) is 0 Å². The molecule has 5 rings (SSSR count). The lowest BCUT2D eigenvalue weighted by molar-refractivity contribution is 0.412. The van der Waals surface area contributed by atoms with Gasteiger partial charge in [0.15, 0.2) is 5.11 Å². The van der Waals surface area contributed by atoms with Crippen LogP contribution in [0.3, 0.4) is 0 Å². The Hall–Kier alpha value is -3.26. The Morgan fingerprint density at radius 2 is 1.72 bits per heavy atom. The predicted octanol–water partition coefficient (Wildman–Crippen LogP) is 6.69. The van der Waals surface area contributed by atoms with Crippen molar-refractivity contribution < 1.29 is 9.84 Å². The van der Waals surface area contributed by atoms with Crippen LogP contribution in [0.15, 0.2) is 66.9 Å². The summed E-state index contributed by atoms with van der Waals surface area (Å²) in [6.45, 7) is 4.09. The molecule has 6 nitrogen and oxygen atoms in total. The maximum absolute atomic E-state index is 10.8. The first-order chi connectivity index (χ1) is 17.3. The minimum atomic E-state index is -0.318. The monoisotopic (exact) mass is 538 g/mol. The SMILES string of the molecule is COc1ccc(Cl)cc1-n1c(C)cc([C@@H]2[C@@H](c3ccccn3)NC(=S)N2c2cc(Cl)ccc2O)c1C. The highest BCUT2D eigenvalue weighted by Crippen LogP contribution is 2.46. The van der Waals surface area contributed by atoms with Crippen LogP contribution in [-0.4, -0.2) is 26.9 Å². The van der Waals surface area contributed by atoms with E-state index in [-0.39, 0.29) is 17.8 Å². The highest BCUT2D eigenvalue weighted by Gasteiger charge is 2.43. The van der Waals surface area contributed by atoms with Gasteiger partial charge in [0.1, 0.15) is 11.5 Å². The van der Waals surface area contributed by atoms with Gasteiger partial charge in [-0.05, 0) is 86.2 Å². The van der Waals surface area contributed by atoms with Gasteiger partial charge >= 0.3 is 0 Å². The van der Waals surface area contributed by atoms with Gasteiger partial charge in [0, 0.05) is 27.6 Å². The minimum absolute atomic E-state index is 0.0838. The Morgan fingerprint density at radius 1 is 1.00 bits per heavy atom. The van der Waals surface area contributed by atoms with Crippen LogP contribution >= 0.6 is 35.4 Å². The van der Waals surface area contributed by atoms with Crippen LogP contribution in [0.4, 0.5) is 5.69 Å². The molecule has 2 aromatic carbocycles. The van der Waals surface area contributed by atoms with E-state index in [0.717, 1.165) is 28.3 Å². The molecule has 3 heterocycles. The fourth-order valence-electron chi connectivity index (χ4n) is 4.92. The van der Waals surface area contributed by atoms with Crippen LogP contribution in [0.25, 0.3) is 5.69 Å². The standard InChI is InChI=1S/C27H24Cl2N4O2S/c1-15-12-19(16(2)32(15)22-14-18(29)8-10-24(22)35-3)26-25(20-6-4-5-11-30-20)31-27(36)33(26)21-13-17(28)7-9-23(21)34/h4-14,25-26,34H,1-3H3,(H,31,36)/t25-,26-/m1/s1. The van der Waals surface area contributed by atoms with Gasteiger partial charge in [0.05, 0.1) is 36.3 Å². The number of benzene rings is 2. The van der Waals surface area contributed by atoms with Gasteiger partial charge in [0.25, 0.3) is 0 Å². The number of aryl methyl sites for hydroxylation is 1. The maximum Gasteiger partial charge on any atom is 0.174 e. The first-order valence-electron chi connectivity index (χ1n) is 11.3. The molecule has 9 heteroatoms. The summed E-state index contributed by atoms with van der Waals surface area (Å²) in [5, 5.41) is 15.8. The predicted molar refractivity (Wildman–Crippen MR) is 148 cm³/mol. The number of halogens is 2. The molecule has 0 saturated carbocycles. The van der Waals surface area contributed by atoms with E-state index in [4.69, 9.17) is 40.2 Å². The number of hydrogen-bond acceptors (Lipinski definition) is 4. The first kappa shape index (κ1) is 24.4. The molecular formula is C27H24Cl2N4O2S. The zero-order chi connectivity index (χ0) is 25.6. The van der Waals surface area contributed by atoms with E-state index in [9.17, 15) is 5.11 Å². The fraction of sp³-hybridized carbons (Fsp3) is 0.185. The van der Waals surface area contributed by atoms with Crippen molar-refractivity contribution in [2.45, 2.75) is 25.9 Å². The van der Waals surface area contributed by atoms with Crippen molar-refractivity contribution in [3.05, 3.63) is 99.6 Å². The van der Waals surface area contributed by atoms with E-state index >= 15 is 0 Å². The number of aromatic nitrogens is 2. The van der Waals surface area contributed by atoms with Crippen LogP contribution in [0, 0.1) is 13.8 Å². The number of rotatable bonds is 5. The van der Waals surface area contributed by atoms with E-state index in [0.29, 0.717) is 26.6 Å². The summed E-state index contributed by atoms with van der Waals surface area (Å²) >= 11 is 18.5. The molecule has 0 bridgehead atoms. The molecular weight excluding hydrogens is 515 g/mol. The molecule has 0 aliphatic carbocycles. The van der Waals surface area contributed by atoms with Gasteiger partial charge < -0.3 is 24.6 Å². The molecule has 0 spiro atoms. The van der Waals surface area contributed by atoms with Crippen LogP contribution in [0.2, 0.25) is 10.0 Å². The molecule has 1 aliphatic heterocycles. The molecule has 2 aromatic heterocycles. The summed E-state index contributed by atoms with van der Waals surface area (Å²) in [5.74, 6) is 0.791. The molecule has 0 amide bonds. The number of phenols is 1. The highest BCUT2D eigenvalue weighted by molar-refractivity contribution is 7.80. The number of methoxy groups -OCH3 is 1. The number of aromatic hydroxyl groups is 1. The Bertz CT molecular complexity index is 1460. The third-order valence-electron chi connectivity index (χ3n) is 6.47. The number of hydrogen-bond donors (Lipinski definition) is 2. The Morgan fingerprint density at radius 3 is 2.42 bits per heavy atom. The molecule has 36 heavy (non-hydrogen) atoms. The molecule has 2 N–H and O–H groups in total. The van der Waals surface area contributed by atoms with Gasteiger partial charge in [-0.1, -0.05) is 29.3 Å². The zero-order valence-electron chi connectivity index (χ0n) is 19.9. The lowest BCUT2D eigenvalue weighted by atomic mass is 9.96. The van der Waals surface area contributed by atoms with Gasteiger partial charge in [0.2, 0.25) is 0 Å². The fourth-order valence-corrected chi connectivity index (χ4v) is 5.59. The highest BCUT2D eigenvalue weighted by atomic mass is 35.5. The number of nitrogens with one attached hydrogen (secondary N) is 1. The van der Waals surface area contributed by atoms with E-state index in [2.05, 4.69) is 27.9 Å². The summed E-state index contributed by atoms with van der Waals surface area (Å²) in [5.41, 5.74) is 5.18. The van der Waals surface area contributed by atoms with E-state index < -0.39 is 0 Å². The number of phenolic OH excluding ortho intramolecular Hbond substituents is 1. The molecule has 0 radical (unpaired) electrons. The average molecular weight is 539 g/mol. The van der Waals surface area contributed by atoms with Crippen molar-refractivity contribution in [3.8, 4) is 17.2 Å². The third kappa shape index (κ3) is 4.17. The van der Waals surface area contributed by atoms with Crippen LogP contribution in [0.1, 0.15) is 34.7 Å². The third-order valence-corrected chi connectivity index (χ3v) is 7.25. The van der Waals surface area contributed by atoms with Crippen LogP contribution in [0.5, 0.6) is 11.5 Å². The summed E-state index contributed by atoms with van der Waals surface area (Å²) in [4.78, 5) is 6.53. The average Bonchev–Trinajstić information content (AvgIpc) is 3.36. The van der Waals surface area contributed by atoms with Crippen molar-refractivity contribution in [1.82, 2.24) is 14.9 Å². The van der Waals surface area contributed by atoms with Crippen molar-refractivity contribution in [1.29, 1.82) is 0 Å². The summed E-state index contributed by atoms with van der Waals surface area (Å²) < 4.78 is 7.76. The normalized spacial score (nSPS) is 17.4. The second kappa shape index (κ2) is 9.65. The lowest BCUT2D eigenvalue weighted by Crippen LogP contribution is -2.29. The summed E-state index contributed by atoms with van der Waals surface area (Å²) in [6, 6.07) is 17.8. The summed E-state index contributed by atoms with van der Waals surface area (Å²) in [7, 11) is 1.64. The van der Waals surface area contributed by atoms with Gasteiger partial charge in [-0.3, -0.25) is 4.98 Å². The first-order valence-corrected chi connectivity index (χ1v) is 12.5. The van der Waals surface area contributed by atoms with Gasteiger partial charge in [-0.2, -0.15) is 0 Å². The van der Waals surface area contributed by atoms with Crippen molar-refractivity contribution >= 4 is 46.2 Å². The van der Waals surface area contributed by atoms with Crippen molar-refractivity contribution in [2.24, 2.45) is 0 Å². The number of nitrogens with zero attached hydrogens (tertiary/aromatic N) is 3. The van der Waals surface area contributed by atoms with Crippen LogP contribution < -0.4 is 15.0 Å². The molecule has 184 valence electrons. The Kier molecular flexibility index (Phi) is 6.55. The molecule has 4 aromatic rings. The number of ether oxygens (including phenoxy) is 1. The van der Waals surface area contributed by atoms with Crippen molar-refractivity contribution in [2.75, 3.05) is 12.0 Å². The van der Waals surface area contributed by atoms with E-state index in [1.54, 1.807) is 37.6 Å². The molecule has 1 saturated heterocycles. The topological polar surface area (TPSA) is 62.5 Å². The van der Waals surface area contributed by atoms with Crippen molar-refractivity contribution in [3.63, 3.8) is 0 Å². The Labute approximate surface area is 225 Å². The smallest absolute Gasteiger partial charge is 0.174 e. The summed E-state index contributed by atoms with van der Waals surface area (Å²) in [6.07, 6.45) is 1.76. The Balaban J connectivity index is 1.73. The maximum atomic E-state index is 10.8. The number of anilines is 1. The van der Waals surface area contributed by atoms with Gasteiger partial charge in [-0.15, -0.1) is 0 Å². The van der Waals surface area contributed by atoms with Crippen LogP contribution in [-0.2, 0) is 0 Å². The molecule has 0 unspecified atom stereocenters. The largest absolute Gasteiger partial charge is 0.506 e. The second-order valence-electron chi connectivity index (χ2n) is 8.61. The minimum Gasteiger partial charge on any atom is -0.506 e. The zero-order valence-corrected chi connectivity index (χ0v) is 22.2. The molecule has 2 atom stereocenters. The van der Waals surface area contributed by atoms with E-state index in [1.807, 2.05) is 42.2 Å². The lowest BCUT2D eigenvalue weighted by Gasteiger charge is -2.29.